The van der Waals surface area contributed by atoms with E-state index in [2.05, 4.69) is 10.1 Å². The van der Waals surface area contributed by atoms with Crippen LogP contribution in [-0.2, 0) is 19.1 Å². The minimum atomic E-state index is -1.40. The van der Waals surface area contributed by atoms with Crippen molar-refractivity contribution in [1.82, 2.24) is 5.32 Å². The maximum absolute atomic E-state index is 11.6. The molecular formula is C15H25NO6. The number of aliphatic hydroxyl groups excluding tert-OH is 2. The molecule has 0 aliphatic rings. The van der Waals surface area contributed by atoms with Crippen molar-refractivity contribution in [3.05, 3.63) is 12.2 Å². The smallest absolute Gasteiger partial charge is 0.338 e. The molecule has 126 valence electrons. The Hall–Kier alpha value is -1.73. The predicted molar refractivity (Wildman–Crippen MR) is 79.6 cm³/mol. The molecule has 3 N–H and O–H groups in total. The monoisotopic (exact) mass is 315 g/mol. The fourth-order valence-electron chi connectivity index (χ4n) is 1.37. The van der Waals surface area contributed by atoms with E-state index >= 15 is 0 Å². The van der Waals surface area contributed by atoms with E-state index in [1.807, 2.05) is 6.92 Å². The molecule has 22 heavy (non-hydrogen) atoms. The minimum absolute atomic E-state index is 0.0673. The summed E-state index contributed by atoms with van der Waals surface area (Å²) >= 11 is 0. The van der Waals surface area contributed by atoms with Gasteiger partial charge in [0.15, 0.2) is 0 Å². The maximum atomic E-state index is 11.6. The zero-order chi connectivity index (χ0) is 17.2. The Balaban J connectivity index is 4.07. The van der Waals surface area contributed by atoms with Crippen molar-refractivity contribution in [3.63, 3.8) is 0 Å². The van der Waals surface area contributed by atoms with E-state index < -0.39 is 29.4 Å². The van der Waals surface area contributed by atoms with Gasteiger partial charge in [0.05, 0.1) is 13.0 Å². The standard InChI is InChI=1S/C15H25NO6/c1-4-5-6-7-11(18)22-12(19)8-9-16-14(21)13(20)15(2,3)10-17/h6-7,13,17,20H,4-5,8-10H2,1-3H3,(H,16,21)/t13-/m0/s1. The molecule has 0 rings (SSSR count). The molecule has 0 heterocycles. The average Bonchev–Trinajstić information content (AvgIpc) is 2.46. The van der Waals surface area contributed by atoms with Crippen molar-refractivity contribution in [2.24, 2.45) is 5.41 Å². The van der Waals surface area contributed by atoms with Gasteiger partial charge in [0, 0.05) is 18.0 Å². The summed E-state index contributed by atoms with van der Waals surface area (Å²) in [6, 6.07) is 0. The topological polar surface area (TPSA) is 113 Å². The SMILES string of the molecule is CCCC=CC(=O)OC(=O)CCNC(=O)[C@H](O)C(C)(C)CO. The van der Waals surface area contributed by atoms with Gasteiger partial charge in [0.25, 0.3) is 0 Å². The molecule has 0 saturated carbocycles. The molecule has 0 aliphatic carbocycles. The summed E-state index contributed by atoms with van der Waals surface area (Å²) in [5.74, 6) is -2.20. The number of hydrogen-bond acceptors (Lipinski definition) is 6. The van der Waals surface area contributed by atoms with E-state index in [1.165, 1.54) is 19.9 Å². The number of nitrogens with one attached hydrogen (secondary N) is 1. The third-order valence-electron chi connectivity index (χ3n) is 2.95. The number of allylic oxidation sites excluding steroid dienone is 1. The Morgan fingerprint density at radius 1 is 1.32 bits per heavy atom. The van der Waals surface area contributed by atoms with E-state index in [-0.39, 0.29) is 19.6 Å². The number of amides is 1. The normalized spacial score (nSPS) is 13.0. The van der Waals surface area contributed by atoms with Gasteiger partial charge >= 0.3 is 11.9 Å². The summed E-state index contributed by atoms with van der Waals surface area (Å²) in [5, 5.41) is 21.1. The fraction of sp³-hybridized carbons (Fsp3) is 0.667. The summed E-state index contributed by atoms with van der Waals surface area (Å²) < 4.78 is 4.51. The van der Waals surface area contributed by atoms with Gasteiger partial charge in [-0.25, -0.2) is 4.79 Å². The molecule has 7 heteroatoms. The highest BCUT2D eigenvalue weighted by Crippen LogP contribution is 2.19. The summed E-state index contributed by atoms with van der Waals surface area (Å²) in [5.41, 5.74) is -0.982. The van der Waals surface area contributed by atoms with Gasteiger partial charge in [-0.3, -0.25) is 9.59 Å². The number of carbonyl (C=O) groups is 3. The van der Waals surface area contributed by atoms with Crippen molar-refractivity contribution in [1.29, 1.82) is 0 Å². The van der Waals surface area contributed by atoms with Crippen molar-refractivity contribution in [2.75, 3.05) is 13.2 Å². The molecule has 0 spiro atoms. The second-order valence-electron chi connectivity index (χ2n) is 5.57. The van der Waals surface area contributed by atoms with Crippen LogP contribution in [0, 0.1) is 5.41 Å². The minimum Gasteiger partial charge on any atom is -0.396 e. The lowest BCUT2D eigenvalue weighted by Crippen LogP contribution is -2.46. The molecule has 0 aromatic carbocycles. The zero-order valence-corrected chi connectivity index (χ0v) is 13.3. The molecule has 1 amide bonds. The highest BCUT2D eigenvalue weighted by molar-refractivity contribution is 5.92. The molecule has 0 aromatic heterocycles. The van der Waals surface area contributed by atoms with Gasteiger partial charge in [0.1, 0.15) is 6.10 Å². The highest BCUT2D eigenvalue weighted by Gasteiger charge is 2.32. The Bertz CT molecular complexity index is 416. The fourth-order valence-corrected chi connectivity index (χ4v) is 1.37. The first-order valence-corrected chi connectivity index (χ1v) is 7.22. The van der Waals surface area contributed by atoms with Crippen LogP contribution in [0.15, 0.2) is 12.2 Å². The molecule has 0 saturated heterocycles. The van der Waals surface area contributed by atoms with E-state index in [9.17, 15) is 19.5 Å². The summed E-state index contributed by atoms with van der Waals surface area (Å²) in [7, 11) is 0. The van der Waals surface area contributed by atoms with E-state index in [0.717, 1.165) is 12.8 Å². The number of hydrogen-bond donors (Lipinski definition) is 3. The van der Waals surface area contributed by atoms with Crippen LogP contribution in [0.25, 0.3) is 0 Å². The third-order valence-corrected chi connectivity index (χ3v) is 2.95. The molecule has 0 aliphatic heterocycles. The molecule has 1 atom stereocenters. The Kier molecular flexibility index (Phi) is 9.28. The lowest BCUT2D eigenvalue weighted by molar-refractivity contribution is -0.156. The van der Waals surface area contributed by atoms with Gasteiger partial charge in [0.2, 0.25) is 5.91 Å². The van der Waals surface area contributed by atoms with Crippen molar-refractivity contribution >= 4 is 17.8 Å². The van der Waals surface area contributed by atoms with Crippen LogP contribution in [-0.4, -0.2) is 47.3 Å². The van der Waals surface area contributed by atoms with E-state index in [1.54, 1.807) is 6.08 Å². The van der Waals surface area contributed by atoms with Crippen LogP contribution >= 0.6 is 0 Å². The number of unbranched alkanes of at least 4 members (excludes halogenated alkanes) is 1. The number of esters is 2. The molecule has 0 bridgehead atoms. The van der Waals surface area contributed by atoms with Crippen molar-refractivity contribution in [2.45, 2.75) is 46.1 Å². The molecule has 0 unspecified atom stereocenters. The maximum Gasteiger partial charge on any atom is 0.338 e. The molecule has 0 fully saturated rings. The number of carbonyl (C=O) groups excluding carboxylic acids is 3. The van der Waals surface area contributed by atoms with Gasteiger partial charge in [-0.2, -0.15) is 0 Å². The van der Waals surface area contributed by atoms with Gasteiger partial charge in [-0.05, 0) is 6.42 Å². The first kappa shape index (κ1) is 20.3. The molecular weight excluding hydrogens is 290 g/mol. The van der Waals surface area contributed by atoms with Crippen LogP contribution in [0.2, 0.25) is 0 Å². The summed E-state index contributed by atoms with van der Waals surface area (Å²) in [6.07, 6.45) is 2.82. The van der Waals surface area contributed by atoms with E-state index in [4.69, 9.17) is 5.11 Å². The number of ether oxygens (including phenoxy) is 1. The van der Waals surface area contributed by atoms with Gasteiger partial charge in [-0.1, -0.05) is 33.3 Å². The highest BCUT2D eigenvalue weighted by atomic mass is 16.6. The molecule has 0 aromatic rings. The first-order chi connectivity index (χ1) is 10.2. The first-order valence-electron chi connectivity index (χ1n) is 7.22. The zero-order valence-electron chi connectivity index (χ0n) is 13.3. The summed E-state index contributed by atoms with van der Waals surface area (Å²) in [4.78, 5) is 34.2. The number of aliphatic hydroxyl groups is 2. The average molecular weight is 315 g/mol. The second kappa shape index (κ2) is 10.1. The van der Waals surface area contributed by atoms with Crippen LogP contribution < -0.4 is 5.32 Å². The van der Waals surface area contributed by atoms with Crippen LogP contribution in [0.3, 0.4) is 0 Å². The third kappa shape index (κ3) is 7.90. The predicted octanol–water partition coefficient (Wildman–Crippen LogP) is 0.298. The Morgan fingerprint density at radius 3 is 2.50 bits per heavy atom. The summed E-state index contributed by atoms with van der Waals surface area (Å²) in [6.45, 7) is 4.60. The van der Waals surface area contributed by atoms with Crippen molar-refractivity contribution in [3.8, 4) is 0 Å². The van der Waals surface area contributed by atoms with Crippen LogP contribution in [0.4, 0.5) is 0 Å². The number of rotatable bonds is 9. The quantitative estimate of drug-likeness (QED) is 0.320. The second-order valence-corrected chi connectivity index (χ2v) is 5.57. The van der Waals surface area contributed by atoms with Crippen LogP contribution in [0.1, 0.15) is 40.0 Å². The van der Waals surface area contributed by atoms with Crippen LogP contribution in [0.5, 0.6) is 0 Å². The Morgan fingerprint density at radius 2 is 1.95 bits per heavy atom. The lowest BCUT2D eigenvalue weighted by Gasteiger charge is -2.27. The Labute approximate surface area is 130 Å². The molecule has 7 nitrogen and oxygen atoms in total. The largest absolute Gasteiger partial charge is 0.396 e. The van der Waals surface area contributed by atoms with E-state index in [0.29, 0.717) is 0 Å². The molecule has 0 radical (unpaired) electrons. The van der Waals surface area contributed by atoms with Crippen molar-refractivity contribution < 1.29 is 29.3 Å². The van der Waals surface area contributed by atoms with Gasteiger partial charge < -0.3 is 20.3 Å². The van der Waals surface area contributed by atoms with Gasteiger partial charge in [-0.15, -0.1) is 0 Å². The lowest BCUT2D eigenvalue weighted by atomic mass is 9.87.